The largest absolute Gasteiger partial charge is 0.192 e. The molecular weight excluding hydrogens is 140 g/mol. The lowest BCUT2D eigenvalue weighted by Crippen LogP contribution is -2.14. The highest BCUT2D eigenvalue weighted by Crippen LogP contribution is 2.25. The second-order valence-electron chi connectivity index (χ2n) is 2.91. The van der Waals surface area contributed by atoms with Crippen LogP contribution in [0, 0.1) is 6.92 Å². The van der Waals surface area contributed by atoms with Crippen LogP contribution in [0.1, 0.15) is 32.6 Å². The highest BCUT2D eigenvalue weighted by molar-refractivity contribution is 4.78. The van der Waals surface area contributed by atoms with E-state index in [1.807, 2.05) is 6.92 Å². The van der Waals surface area contributed by atoms with E-state index in [9.17, 15) is 0 Å². The number of rotatable bonds is 4. The molecule has 0 aromatic rings. The fourth-order valence-electron chi connectivity index (χ4n) is 0.989. The van der Waals surface area contributed by atoms with Gasteiger partial charge in [-0.05, 0) is 30.2 Å². The molecule has 0 bridgehead atoms. The average molecular weight is 153 g/mol. The number of unbranched alkanes of at least 4 members (excludes halogenated alkanes) is 2. The van der Waals surface area contributed by atoms with Gasteiger partial charge in [0.05, 0.1) is 0 Å². The van der Waals surface area contributed by atoms with E-state index >= 15 is 0 Å². The standard InChI is InChI=1S/C7H13N4/c1-3-4-5-6-7(2)8-10-11-9-7/h1,3-6H2,2H3. The molecule has 0 aliphatic carbocycles. The minimum absolute atomic E-state index is 0.366. The minimum Gasteiger partial charge on any atom is -0.135 e. The normalized spacial score (nSPS) is 19.5. The lowest BCUT2D eigenvalue weighted by Gasteiger charge is -2.11. The third-order valence-electron chi connectivity index (χ3n) is 1.71. The quantitative estimate of drug-likeness (QED) is 0.557. The van der Waals surface area contributed by atoms with Crippen molar-refractivity contribution in [3.63, 3.8) is 0 Å². The lowest BCUT2D eigenvalue weighted by molar-refractivity contribution is 0.428. The van der Waals surface area contributed by atoms with Gasteiger partial charge in [0, 0.05) is 0 Å². The molecule has 0 aromatic carbocycles. The summed E-state index contributed by atoms with van der Waals surface area (Å²) in [6.07, 6.45) is 4.12. The molecular formula is C7H13N4. The van der Waals surface area contributed by atoms with Gasteiger partial charge in [0.15, 0.2) is 5.66 Å². The summed E-state index contributed by atoms with van der Waals surface area (Å²) in [5, 5.41) is 14.8. The van der Waals surface area contributed by atoms with E-state index in [2.05, 4.69) is 27.6 Å². The van der Waals surface area contributed by atoms with E-state index in [1.54, 1.807) is 0 Å². The SMILES string of the molecule is [CH2]CCCCC1(C)N=NN=N1. The van der Waals surface area contributed by atoms with E-state index < -0.39 is 0 Å². The Morgan fingerprint density at radius 2 is 1.82 bits per heavy atom. The zero-order valence-corrected chi connectivity index (χ0v) is 6.82. The van der Waals surface area contributed by atoms with Gasteiger partial charge in [-0.3, -0.25) is 0 Å². The predicted octanol–water partition coefficient (Wildman–Crippen LogP) is 2.93. The van der Waals surface area contributed by atoms with Gasteiger partial charge in [-0.25, -0.2) is 0 Å². The van der Waals surface area contributed by atoms with Crippen molar-refractivity contribution in [2.45, 2.75) is 38.3 Å². The van der Waals surface area contributed by atoms with Crippen LogP contribution >= 0.6 is 0 Å². The van der Waals surface area contributed by atoms with Crippen molar-refractivity contribution in [3.05, 3.63) is 6.92 Å². The smallest absolute Gasteiger partial charge is 0.135 e. The third kappa shape index (κ3) is 2.37. The first-order chi connectivity index (χ1) is 5.27. The maximum absolute atomic E-state index is 3.91. The van der Waals surface area contributed by atoms with E-state index in [0.717, 1.165) is 25.7 Å². The van der Waals surface area contributed by atoms with E-state index in [0.29, 0.717) is 0 Å². The maximum atomic E-state index is 3.91. The molecule has 0 saturated carbocycles. The number of nitrogens with zero attached hydrogens (tertiary/aromatic N) is 4. The van der Waals surface area contributed by atoms with Gasteiger partial charge in [-0.15, -0.1) is 10.2 Å². The highest BCUT2D eigenvalue weighted by Gasteiger charge is 2.25. The van der Waals surface area contributed by atoms with Crippen LogP contribution in [0.3, 0.4) is 0 Å². The zero-order chi connectivity index (χ0) is 8.16. The van der Waals surface area contributed by atoms with E-state index in [4.69, 9.17) is 0 Å². The first kappa shape index (κ1) is 8.30. The Morgan fingerprint density at radius 3 is 2.36 bits per heavy atom. The van der Waals surface area contributed by atoms with Crippen LogP contribution in [0.25, 0.3) is 0 Å². The van der Waals surface area contributed by atoms with Gasteiger partial charge in [0.25, 0.3) is 0 Å². The van der Waals surface area contributed by atoms with Crippen molar-refractivity contribution in [3.8, 4) is 0 Å². The molecule has 0 N–H and O–H groups in total. The second-order valence-corrected chi connectivity index (χ2v) is 2.91. The Bertz CT molecular complexity index is 161. The fraction of sp³-hybridized carbons (Fsp3) is 0.857. The molecule has 0 fully saturated rings. The number of hydrogen-bond acceptors (Lipinski definition) is 4. The molecule has 0 saturated heterocycles. The predicted molar refractivity (Wildman–Crippen MR) is 41.9 cm³/mol. The summed E-state index contributed by atoms with van der Waals surface area (Å²) in [5.41, 5.74) is -0.366. The summed E-state index contributed by atoms with van der Waals surface area (Å²) in [4.78, 5) is 0. The molecule has 0 unspecified atom stereocenters. The Hall–Kier alpha value is -0.800. The Kier molecular flexibility index (Phi) is 2.68. The zero-order valence-electron chi connectivity index (χ0n) is 6.82. The van der Waals surface area contributed by atoms with E-state index in [1.165, 1.54) is 0 Å². The molecule has 1 aliphatic rings. The number of hydrogen-bond donors (Lipinski definition) is 0. The van der Waals surface area contributed by atoms with Crippen LogP contribution in [0.5, 0.6) is 0 Å². The molecule has 1 radical (unpaired) electrons. The average Bonchev–Trinajstić information content (AvgIpc) is 2.38. The molecule has 61 valence electrons. The van der Waals surface area contributed by atoms with Crippen LogP contribution in [-0.2, 0) is 0 Å². The van der Waals surface area contributed by atoms with Crippen LogP contribution in [0.4, 0.5) is 0 Å². The Balaban J connectivity index is 2.25. The van der Waals surface area contributed by atoms with Crippen molar-refractivity contribution >= 4 is 0 Å². The minimum atomic E-state index is -0.366. The molecule has 1 rings (SSSR count). The van der Waals surface area contributed by atoms with Crippen LogP contribution in [-0.4, -0.2) is 5.66 Å². The van der Waals surface area contributed by atoms with Crippen LogP contribution in [0.2, 0.25) is 0 Å². The molecule has 0 aromatic heterocycles. The van der Waals surface area contributed by atoms with Gasteiger partial charge in [-0.1, -0.05) is 19.8 Å². The van der Waals surface area contributed by atoms with Crippen molar-refractivity contribution in [1.29, 1.82) is 0 Å². The first-order valence-electron chi connectivity index (χ1n) is 3.90. The third-order valence-corrected chi connectivity index (χ3v) is 1.71. The molecule has 11 heavy (non-hydrogen) atoms. The first-order valence-corrected chi connectivity index (χ1v) is 3.90. The topological polar surface area (TPSA) is 49.4 Å². The van der Waals surface area contributed by atoms with Gasteiger partial charge in [0.1, 0.15) is 0 Å². The summed E-state index contributed by atoms with van der Waals surface area (Å²) in [6, 6.07) is 0. The Labute approximate surface area is 66.8 Å². The van der Waals surface area contributed by atoms with Crippen LogP contribution < -0.4 is 0 Å². The Morgan fingerprint density at radius 1 is 1.18 bits per heavy atom. The highest BCUT2D eigenvalue weighted by atomic mass is 15.6. The molecule has 0 atom stereocenters. The van der Waals surface area contributed by atoms with Gasteiger partial charge in [0.2, 0.25) is 0 Å². The van der Waals surface area contributed by atoms with Crippen molar-refractivity contribution < 1.29 is 0 Å². The van der Waals surface area contributed by atoms with Gasteiger partial charge < -0.3 is 0 Å². The molecule has 0 amide bonds. The van der Waals surface area contributed by atoms with E-state index in [-0.39, 0.29) is 5.66 Å². The summed E-state index contributed by atoms with van der Waals surface area (Å²) in [5.74, 6) is 0. The lowest BCUT2D eigenvalue weighted by atomic mass is 10.1. The molecule has 1 aliphatic heterocycles. The van der Waals surface area contributed by atoms with Crippen LogP contribution in [0.15, 0.2) is 20.7 Å². The molecule has 4 heteroatoms. The molecule has 4 nitrogen and oxygen atoms in total. The van der Waals surface area contributed by atoms with Crippen molar-refractivity contribution in [2.24, 2.45) is 20.7 Å². The summed E-state index contributed by atoms with van der Waals surface area (Å²) < 4.78 is 0. The van der Waals surface area contributed by atoms with Gasteiger partial charge in [-0.2, -0.15) is 0 Å². The maximum Gasteiger partial charge on any atom is 0.192 e. The van der Waals surface area contributed by atoms with Crippen molar-refractivity contribution in [2.75, 3.05) is 0 Å². The fourth-order valence-corrected chi connectivity index (χ4v) is 0.989. The second kappa shape index (κ2) is 3.55. The monoisotopic (exact) mass is 153 g/mol. The summed E-state index contributed by atoms with van der Waals surface area (Å²) >= 11 is 0. The molecule has 0 spiro atoms. The summed E-state index contributed by atoms with van der Waals surface area (Å²) in [6.45, 7) is 5.70. The molecule has 1 heterocycles. The summed E-state index contributed by atoms with van der Waals surface area (Å²) in [7, 11) is 0. The van der Waals surface area contributed by atoms with Gasteiger partial charge >= 0.3 is 0 Å². The van der Waals surface area contributed by atoms with Crippen molar-refractivity contribution in [1.82, 2.24) is 0 Å².